The molecule has 0 saturated heterocycles. The number of carbonyl (C=O) groups is 1. The summed E-state index contributed by atoms with van der Waals surface area (Å²) in [7, 11) is 1.61. The van der Waals surface area contributed by atoms with Crippen LogP contribution in [0.15, 0.2) is 12.1 Å². The summed E-state index contributed by atoms with van der Waals surface area (Å²) in [5.41, 5.74) is -0.994. The van der Waals surface area contributed by atoms with Gasteiger partial charge in [0, 0.05) is 6.54 Å². The third kappa shape index (κ3) is 5.28. The zero-order valence-corrected chi connectivity index (χ0v) is 12.5. The Morgan fingerprint density at radius 1 is 1.38 bits per heavy atom. The summed E-state index contributed by atoms with van der Waals surface area (Å²) >= 11 is 0. The van der Waals surface area contributed by atoms with Crippen molar-refractivity contribution in [2.45, 2.75) is 32.5 Å². The lowest BCUT2D eigenvalue weighted by atomic mass is 10.1. The number of benzene rings is 1. The predicted octanol–water partition coefficient (Wildman–Crippen LogP) is 2.56. The molecule has 0 heterocycles. The van der Waals surface area contributed by atoms with Gasteiger partial charge in [0.15, 0.2) is 11.6 Å². The van der Waals surface area contributed by atoms with Crippen molar-refractivity contribution in [3.8, 4) is 0 Å². The number of rotatable bonds is 4. The summed E-state index contributed by atoms with van der Waals surface area (Å²) in [5, 5.41) is 14.6. The van der Waals surface area contributed by atoms with E-state index in [4.69, 9.17) is 4.74 Å². The maximum atomic E-state index is 13.7. The Labute approximate surface area is 122 Å². The average molecular weight is 302 g/mol. The van der Waals surface area contributed by atoms with Crippen LogP contribution in [0.1, 0.15) is 32.4 Å². The minimum atomic E-state index is -1.21. The van der Waals surface area contributed by atoms with Gasteiger partial charge in [0.05, 0.1) is 11.8 Å². The van der Waals surface area contributed by atoms with Crippen molar-refractivity contribution in [2.24, 2.45) is 0 Å². The molecule has 0 aliphatic heterocycles. The number of aliphatic hydroxyl groups excluding tert-OH is 1. The van der Waals surface area contributed by atoms with Crippen molar-refractivity contribution >= 4 is 11.8 Å². The second-order valence-corrected chi connectivity index (χ2v) is 5.56. The number of ether oxygens (including phenoxy) is 1. The fraction of sp³-hybridized carbons (Fsp3) is 0.500. The largest absolute Gasteiger partial charge is 0.444 e. The summed E-state index contributed by atoms with van der Waals surface area (Å²) in [4.78, 5) is 11.6. The van der Waals surface area contributed by atoms with Gasteiger partial charge in [-0.25, -0.2) is 13.6 Å². The first-order chi connectivity index (χ1) is 9.64. The molecule has 21 heavy (non-hydrogen) atoms. The number of likely N-dealkylation sites (N-methyl/N-ethyl adjacent to an activating group) is 1. The third-order valence-corrected chi connectivity index (χ3v) is 2.47. The van der Waals surface area contributed by atoms with Crippen molar-refractivity contribution in [1.29, 1.82) is 0 Å². The second-order valence-electron chi connectivity index (χ2n) is 5.56. The molecule has 3 N–H and O–H groups in total. The lowest BCUT2D eigenvalue weighted by Gasteiger charge is -2.20. The fourth-order valence-corrected chi connectivity index (χ4v) is 1.62. The highest BCUT2D eigenvalue weighted by Crippen LogP contribution is 2.24. The first-order valence-corrected chi connectivity index (χ1v) is 6.45. The van der Waals surface area contributed by atoms with Gasteiger partial charge in [-0.2, -0.15) is 0 Å². The van der Waals surface area contributed by atoms with Gasteiger partial charge in [0.25, 0.3) is 0 Å². The van der Waals surface area contributed by atoms with Crippen LogP contribution in [0.2, 0.25) is 0 Å². The van der Waals surface area contributed by atoms with E-state index in [-0.39, 0.29) is 17.8 Å². The maximum Gasteiger partial charge on any atom is 0.412 e. The van der Waals surface area contributed by atoms with E-state index in [0.29, 0.717) is 0 Å². The van der Waals surface area contributed by atoms with E-state index in [9.17, 15) is 18.7 Å². The predicted molar refractivity (Wildman–Crippen MR) is 75.1 cm³/mol. The smallest absolute Gasteiger partial charge is 0.412 e. The van der Waals surface area contributed by atoms with E-state index in [2.05, 4.69) is 10.6 Å². The minimum absolute atomic E-state index is 0.148. The highest BCUT2D eigenvalue weighted by Gasteiger charge is 2.20. The Morgan fingerprint density at radius 3 is 2.52 bits per heavy atom. The Balaban J connectivity index is 2.98. The minimum Gasteiger partial charge on any atom is -0.444 e. The molecule has 0 fully saturated rings. The van der Waals surface area contributed by atoms with E-state index in [1.807, 2.05) is 0 Å². The van der Waals surface area contributed by atoms with Crippen LogP contribution in [0.3, 0.4) is 0 Å². The van der Waals surface area contributed by atoms with Crippen molar-refractivity contribution < 1.29 is 23.4 Å². The molecule has 1 rings (SSSR count). The van der Waals surface area contributed by atoms with E-state index in [1.165, 1.54) is 6.07 Å². The first-order valence-electron chi connectivity index (χ1n) is 6.45. The molecule has 1 atom stereocenters. The summed E-state index contributed by atoms with van der Waals surface area (Å²) in [6, 6.07) is 2.06. The molecular formula is C14H20F2N2O3. The van der Waals surface area contributed by atoms with Gasteiger partial charge in [-0.15, -0.1) is 0 Å². The summed E-state index contributed by atoms with van der Waals surface area (Å²) in [6.07, 6.45) is -1.93. The summed E-state index contributed by atoms with van der Waals surface area (Å²) in [6.45, 7) is 5.11. The molecule has 0 bridgehead atoms. The van der Waals surface area contributed by atoms with E-state index in [0.717, 1.165) is 6.07 Å². The molecule has 1 aromatic rings. The third-order valence-electron chi connectivity index (χ3n) is 2.47. The molecule has 0 saturated carbocycles. The standard InChI is InChI=1S/C14H20F2N2O3/c1-14(2,3)21-13(20)18-10-6-8(11(19)7-17-4)5-9(15)12(10)16/h5-6,11,17,19H,7H2,1-4H3,(H,18,20). The summed E-state index contributed by atoms with van der Waals surface area (Å²) in [5.74, 6) is -2.37. The monoisotopic (exact) mass is 302 g/mol. The van der Waals surface area contributed by atoms with Gasteiger partial charge in [-0.3, -0.25) is 5.32 Å². The molecule has 0 spiro atoms. The van der Waals surface area contributed by atoms with Gasteiger partial charge < -0.3 is 15.2 Å². The van der Waals surface area contributed by atoms with Crippen molar-refractivity contribution in [3.63, 3.8) is 0 Å². The number of nitrogens with one attached hydrogen (secondary N) is 2. The average Bonchev–Trinajstić information content (AvgIpc) is 2.32. The van der Waals surface area contributed by atoms with Crippen LogP contribution in [0.5, 0.6) is 0 Å². The number of aliphatic hydroxyl groups is 1. The summed E-state index contributed by atoms with van der Waals surface area (Å²) < 4.78 is 32.2. The topological polar surface area (TPSA) is 70.6 Å². The highest BCUT2D eigenvalue weighted by molar-refractivity contribution is 5.85. The van der Waals surface area contributed by atoms with Crippen LogP contribution in [0.4, 0.5) is 19.3 Å². The van der Waals surface area contributed by atoms with Crippen molar-refractivity contribution in [2.75, 3.05) is 18.9 Å². The number of carbonyl (C=O) groups excluding carboxylic acids is 1. The van der Waals surface area contributed by atoms with Gasteiger partial charge in [-0.05, 0) is 45.5 Å². The SMILES string of the molecule is CNCC(O)c1cc(F)c(F)c(NC(=O)OC(C)(C)C)c1. The van der Waals surface area contributed by atoms with E-state index < -0.39 is 29.4 Å². The van der Waals surface area contributed by atoms with E-state index >= 15 is 0 Å². The Hall–Kier alpha value is -1.73. The van der Waals surface area contributed by atoms with Crippen molar-refractivity contribution in [1.82, 2.24) is 5.32 Å². The number of hydrogen-bond donors (Lipinski definition) is 3. The quantitative estimate of drug-likeness (QED) is 0.799. The number of amides is 1. The second kappa shape index (κ2) is 6.82. The Morgan fingerprint density at radius 2 is 2.00 bits per heavy atom. The van der Waals surface area contributed by atoms with Crippen LogP contribution in [-0.2, 0) is 4.74 Å². The molecular weight excluding hydrogens is 282 g/mol. The molecule has 118 valence electrons. The number of hydrogen-bond acceptors (Lipinski definition) is 4. The van der Waals surface area contributed by atoms with Gasteiger partial charge in [0.1, 0.15) is 5.60 Å². The van der Waals surface area contributed by atoms with Crippen LogP contribution >= 0.6 is 0 Å². The Kier molecular flexibility index (Phi) is 5.62. The normalized spacial score (nSPS) is 12.9. The van der Waals surface area contributed by atoms with E-state index in [1.54, 1.807) is 27.8 Å². The molecule has 1 amide bonds. The molecule has 0 aliphatic rings. The molecule has 1 aromatic carbocycles. The van der Waals surface area contributed by atoms with Crippen LogP contribution in [0.25, 0.3) is 0 Å². The van der Waals surface area contributed by atoms with Crippen LogP contribution in [0, 0.1) is 11.6 Å². The number of anilines is 1. The first kappa shape index (κ1) is 17.3. The van der Waals surface area contributed by atoms with Crippen LogP contribution in [-0.4, -0.2) is 30.4 Å². The van der Waals surface area contributed by atoms with Gasteiger partial charge >= 0.3 is 6.09 Å². The van der Waals surface area contributed by atoms with Crippen molar-refractivity contribution in [3.05, 3.63) is 29.3 Å². The zero-order chi connectivity index (χ0) is 16.2. The van der Waals surface area contributed by atoms with Gasteiger partial charge in [0.2, 0.25) is 0 Å². The molecule has 7 heteroatoms. The molecule has 0 aliphatic carbocycles. The molecule has 1 unspecified atom stereocenters. The molecule has 0 radical (unpaired) electrons. The molecule has 0 aromatic heterocycles. The lowest BCUT2D eigenvalue weighted by molar-refractivity contribution is 0.0635. The number of halogens is 2. The Bertz CT molecular complexity index is 516. The van der Waals surface area contributed by atoms with Gasteiger partial charge in [-0.1, -0.05) is 0 Å². The zero-order valence-electron chi connectivity index (χ0n) is 12.5. The van der Waals surface area contributed by atoms with Crippen LogP contribution < -0.4 is 10.6 Å². The molecule has 5 nitrogen and oxygen atoms in total. The fourth-order valence-electron chi connectivity index (χ4n) is 1.62. The maximum absolute atomic E-state index is 13.7. The lowest BCUT2D eigenvalue weighted by Crippen LogP contribution is -2.27. The highest BCUT2D eigenvalue weighted by atomic mass is 19.2.